The van der Waals surface area contributed by atoms with Crippen molar-refractivity contribution in [3.8, 4) is 0 Å². The fraction of sp³-hybridized carbons (Fsp3) is 0.217. The molecule has 10 heteroatoms. The van der Waals surface area contributed by atoms with Crippen molar-refractivity contribution in [3.63, 3.8) is 0 Å². The van der Waals surface area contributed by atoms with E-state index in [9.17, 15) is 9.59 Å². The number of nitrogens with two attached hydrogens (primary N) is 1. The maximum Gasteiger partial charge on any atom is 0.253 e. The van der Waals surface area contributed by atoms with Gasteiger partial charge in [-0.3, -0.25) is 9.59 Å². The number of carbonyl (C=O) groups excluding carboxylic acids is 2. The first-order valence-electron chi connectivity index (χ1n) is 10.5. The average Bonchev–Trinajstić information content (AvgIpc) is 2.85. The fourth-order valence-electron chi connectivity index (χ4n) is 3.67. The lowest BCUT2D eigenvalue weighted by Crippen LogP contribution is -2.39. The molecule has 0 atom stereocenters. The van der Waals surface area contributed by atoms with Crippen LogP contribution >= 0.6 is 15.9 Å². The van der Waals surface area contributed by atoms with Crippen molar-refractivity contribution in [2.24, 2.45) is 5.73 Å². The van der Waals surface area contributed by atoms with Crippen LogP contribution in [0.2, 0.25) is 0 Å². The van der Waals surface area contributed by atoms with Gasteiger partial charge in [0.15, 0.2) is 0 Å². The first kappa shape index (κ1) is 22.7. The molecular weight excluding hydrogens is 486 g/mol. The van der Waals surface area contributed by atoms with E-state index in [4.69, 9.17) is 5.73 Å². The minimum atomic E-state index is -0.192. The molecule has 0 saturated heterocycles. The summed E-state index contributed by atoms with van der Waals surface area (Å²) in [5, 5.41) is 9.08. The summed E-state index contributed by atoms with van der Waals surface area (Å²) in [4.78, 5) is 34.8. The van der Waals surface area contributed by atoms with Gasteiger partial charge in [0, 0.05) is 32.0 Å². The molecule has 2 heterocycles. The lowest BCUT2D eigenvalue weighted by molar-refractivity contribution is -0.130. The summed E-state index contributed by atoms with van der Waals surface area (Å²) in [6.45, 7) is 1.25. The van der Waals surface area contributed by atoms with Gasteiger partial charge in [-0.15, -0.1) is 0 Å². The van der Waals surface area contributed by atoms with E-state index >= 15 is 0 Å². The predicted molar refractivity (Wildman–Crippen MR) is 131 cm³/mol. The van der Waals surface area contributed by atoms with E-state index in [1.807, 2.05) is 24.3 Å². The van der Waals surface area contributed by atoms with Crippen molar-refractivity contribution in [2.75, 3.05) is 30.8 Å². The summed E-state index contributed by atoms with van der Waals surface area (Å²) >= 11 is 3.47. The minimum Gasteiger partial charge on any atom is -0.355 e. The van der Waals surface area contributed by atoms with Crippen molar-refractivity contribution in [2.45, 2.75) is 13.0 Å². The summed E-state index contributed by atoms with van der Waals surface area (Å²) < 4.78 is 0.662. The normalized spacial score (nSPS) is 12.6. The second-order valence-electron chi connectivity index (χ2n) is 7.52. The molecule has 170 valence electrons. The van der Waals surface area contributed by atoms with Gasteiger partial charge >= 0.3 is 0 Å². The number of fused-ring (bicyclic) bond motifs is 1. The number of hydrogen-bond acceptors (Lipinski definition) is 7. The van der Waals surface area contributed by atoms with Crippen LogP contribution < -0.4 is 21.7 Å². The monoisotopic (exact) mass is 509 g/mol. The summed E-state index contributed by atoms with van der Waals surface area (Å²) in [5.74, 6) is 0.707. The van der Waals surface area contributed by atoms with Crippen LogP contribution in [0.15, 0.2) is 53.1 Å². The highest BCUT2D eigenvalue weighted by Crippen LogP contribution is 2.28. The second-order valence-corrected chi connectivity index (χ2v) is 8.37. The molecule has 5 N–H and O–H groups in total. The number of halogens is 1. The molecule has 3 aromatic rings. The Morgan fingerprint density at radius 1 is 1.15 bits per heavy atom. The third-order valence-electron chi connectivity index (χ3n) is 5.40. The Balaban J connectivity index is 1.53. The molecule has 4 rings (SSSR count). The van der Waals surface area contributed by atoms with Crippen molar-refractivity contribution in [3.05, 3.63) is 69.8 Å². The van der Waals surface area contributed by atoms with Gasteiger partial charge in [-0.2, -0.15) is 4.98 Å². The highest BCUT2D eigenvalue weighted by molar-refractivity contribution is 9.10. The smallest absolute Gasteiger partial charge is 0.253 e. The summed E-state index contributed by atoms with van der Waals surface area (Å²) in [5.41, 5.74) is 9.77. The molecule has 0 aliphatic carbocycles. The molecule has 9 nitrogen and oxygen atoms in total. The highest BCUT2D eigenvalue weighted by Gasteiger charge is 2.20. The Labute approximate surface area is 199 Å². The van der Waals surface area contributed by atoms with Crippen LogP contribution in [0.4, 0.5) is 23.1 Å². The molecule has 0 fully saturated rings. The van der Waals surface area contributed by atoms with Crippen LogP contribution in [-0.2, 0) is 17.8 Å². The lowest BCUT2D eigenvalue weighted by atomic mass is 9.99. The van der Waals surface area contributed by atoms with Gasteiger partial charge in [-0.1, -0.05) is 18.2 Å². The molecule has 0 bridgehead atoms. The Kier molecular flexibility index (Phi) is 6.85. The van der Waals surface area contributed by atoms with E-state index < -0.39 is 0 Å². The molecule has 2 aromatic carbocycles. The lowest BCUT2D eigenvalue weighted by Gasteiger charge is -2.29. The molecule has 33 heavy (non-hydrogen) atoms. The van der Waals surface area contributed by atoms with Crippen molar-refractivity contribution >= 4 is 50.9 Å². The molecule has 1 aliphatic heterocycles. The molecular formula is C23H24BrN7O2. The van der Waals surface area contributed by atoms with Gasteiger partial charge in [0.05, 0.1) is 22.3 Å². The van der Waals surface area contributed by atoms with Crippen LogP contribution in [0.25, 0.3) is 0 Å². The standard InChI is InChI=1S/C23H24BrN7O2/c1-26-22(33)17-4-2-3-5-19(17)29-21-18(24)12-27-23(30-21)28-16-7-6-15-13-31(20(32)11-25)9-8-14(15)10-16/h2-7,10,12H,8-9,11,13,25H2,1H3,(H,26,33)(H2,27,28,29,30). The number of para-hydroxylation sites is 1. The third-order valence-corrected chi connectivity index (χ3v) is 5.98. The van der Waals surface area contributed by atoms with E-state index in [2.05, 4.69) is 47.9 Å². The number of aromatic nitrogens is 2. The van der Waals surface area contributed by atoms with Crippen molar-refractivity contribution in [1.82, 2.24) is 20.2 Å². The van der Waals surface area contributed by atoms with Crippen LogP contribution in [0, 0.1) is 0 Å². The molecule has 0 spiro atoms. The number of carbonyl (C=O) groups is 2. The zero-order valence-electron chi connectivity index (χ0n) is 18.1. The number of rotatable bonds is 6. The van der Waals surface area contributed by atoms with Crippen LogP contribution in [0.3, 0.4) is 0 Å². The zero-order valence-corrected chi connectivity index (χ0v) is 19.6. The Hall–Kier alpha value is -3.50. The molecule has 1 aliphatic rings. The van der Waals surface area contributed by atoms with Crippen molar-refractivity contribution < 1.29 is 9.59 Å². The van der Waals surface area contributed by atoms with Gasteiger partial charge in [0.25, 0.3) is 5.91 Å². The molecule has 1 aromatic heterocycles. The number of hydrogen-bond donors (Lipinski definition) is 4. The number of nitrogens with one attached hydrogen (secondary N) is 3. The first-order valence-corrected chi connectivity index (χ1v) is 11.2. The fourth-order valence-corrected chi connectivity index (χ4v) is 3.96. The van der Waals surface area contributed by atoms with E-state index in [1.54, 1.807) is 30.3 Å². The topological polar surface area (TPSA) is 125 Å². The van der Waals surface area contributed by atoms with E-state index in [0.717, 1.165) is 17.7 Å². The van der Waals surface area contributed by atoms with E-state index in [0.29, 0.717) is 40.6 Å². The van der Waals surface area contributed by atoms with Gasteiger partial charge < -0.3 is 26.6 Å². The van der Waals surface area contributed by atoms with Gasteiger partial charge in [-0.05, 0) is 57.7 Å². The largest absolute Gasteiger partial charge is 0.355 e. The zero-order chi connectivity index (χ0) is 23.4. The number of amides is 2. The van der Waals surface area contributed by atoms with Gasteiger partial charge in [0.1, 0.15) is 5.82 Å². The molecule has 2 amide bonds. The molecule has 0 radical (unpaired) electrons. The Morgan fingerprint density at radius 3 is 2.76 bits per heavy atom. The maximum atomic E-state index is 12.2. The van der Waals surface area contributed by atoms with E-state index in [-0.39, 0.29) is 18.4 Å². The summed E-state index contributed by atoms with van der Waals surface area (Å²) in [6, 6.07) is 13.2. The number of benzene rings is 2. The highest BCUT2D eigenvalue weighted by atomic mass is 79.9. The minimum absolute atomic E-state index is 0.0276. The SMILES string of the molecule is CNC(=O)c1ccccc1Nc1nc(Nc2ccc3c(c2)CCN(C(=O)CN)C3)ncc1Br. The first-order chi connectivity index (χ1) is 16.0. The van der Waals surface area contributed by atoms with Crippen LogP contribution in [-0.4, -0.2) is 46.8 Å². The van der Waals surface area contributed by atoms with Crippen LogP contribution in [0.5, 0.6) is 0 Å². The second kappa shape index (κ2) is 9.97. The molecule has 0 saturated carbocycles. The molecule has 0 unspecified atom stereocenters. The van der Waals surface area contributed by atoms with Gasteiger partial charge in [0.2, 0.25) is 11.9 Å². The summed E-state index contributed by atoms with van der Waals surface area (Å²) in [7, 11) is 1.59. The summed E-state index contributed by atoms with van der Waals surface area (Å²) in [6.07, 6.45) is 2.41. The maximum absolute atomic E-state index is 12.2. The number of anilines is 4. The van der Waals surface area contributed by atoms with Crippen LogP contribution in [0.1, 0.15) is 21.5 Å². The van der Waals surface area contributed by atoms with E-state index in [1.165, 1.54) is 5.56 Å². The average molecular weight is 510 g/mol. The third kappa shape index (κ3) is 5.12. The van der Waals surface area contributed by atoms with Crippen molar-refractivity contribution in [1.29, 1.82) is 0 Å². The van der Waals surface area contributed by atoms with Gasteiger partial charge in [-0.25, -0.2) is 4.98 Å². The Bertz CT molecular complexity index is 1200. The predicted octanol–water partition coefficient (Wildman–Crippen LogP) is 2.93. The quantitative estimate of drug-likeness (QED) is 0.402. The number of nitrogens with zero attached hydrogens (tertiary/aromatic N) is 3. The Morgan fingerprint density at radius 2 is 1.97 bits per heavy atom.